The zero-order chi connectivity index (χ0) is 13.7. The van der Waals surface area contributed by atoms with Gasteiger partial charge in [0.1, 0.15) is 12.4 Å². The number of aliphatic hydroxyl groups is 1. The Balaban J connectivity index is 2.33. The summed E-state index contributed by atoms with van der Waals surface area (Å²) in [6.45, 7) is -0.0633. The molecule has 0 aliphatic heterocycles. The van der Waals surface area contributed by atoms with Crippen molar-refractivity contribution in [3.8, 4) is 11.8 Å². The molecule has 2 rings (SSSR count). The Hall–Kier alpha value is -2.45. The highest BCUT2D eigenvalue weighted by Crippen LogP contribution is 2.09. The summed E-state index contributed by atoms with van der Waals surface area (Å²) in [5, 5.41) is 8.62. The Kier molecular flexibility index (Phi) is 4.06. The maximum atomic E-state index is 13.4. The molecule has 0 saturated carbocycles. The van der Waals surface area contributed by atoms with Gasteiger partial charge in [-0.2, -0.15) is 0 Å². The van der Waals surface area contributed by atoms with Gasteiger partial charge in [-0.05, 0) is 23.8 Å². The van der Waals surface area contributed by atoms with Gasteiger partial charge in [0.15, 0.2) is 0 Å². The van der Waals surface area contributed by atoms with E-state index in [0.717, 1.165) is 0 Å². The second-order valence-corrected chi connectivity index (χ2v) is 3.85. The highest BCUT2D eigenvalue weighted by molar-refractivity contribution is 5.37. The minimum atomic E-state index is -0.434. The minimum Gasteiger partial charge on any atom is -0.384 e. The summed E-state index contributed by atoms with van der Waals surface area (Å²) in [7, 11) is 0. The lowest BCUT2D eigenvalue weighted by Gasteiger charge is -2.05. The fraction of sp³-hybridized carbons (Fsp3) is 0.143. The molecule has 1 aromatic heterocycles. The van der Waals surface area contributed by atoms with Gasteiger partial charge in [0, 0.05) is 17.8 Å². The van der Waals surface area contributed by atoms with Gasteiger partial charge in [0.25, 0.3) is 5.56 Å². The zero-order valence-corrected chi connectivity index (χ0v) is 10.0. The van der Waals surface area contributed by atoms with Crippen molar-refractivity contribution in [2.24, 2.45) is 0 Å². The number of nitrogens with zero attached hydrogens (tertiary/aromatic N) is 2. The second kappa shape index (κ2) is 5.94. The molecule has 0 unspecified atom stereocenters. The van der Waals surface area contributed by atoms with Crippen LogP contribution < -0.4 is 5.56 Å². The Labute approximate surface area is 109 Å². The molecule has 96 valence electrons. The summed E-state index contributed by atoms with van der Waals surface area (Å²) in [6, 6.07) is 5.62. The van der Waals surface area contributed by atoms with Crippen LogP contribution in [0.15, 0.2) is 41.6 Å². The molecular weight excluding hydrogens is 247 g/mol. The summed E-state index contributed by atoms with van der Waals surface area (Å²) in [5.74, 6) is 4.65. The zero-order valence-electron chi connectivity index (χ0n) is 10.0. The van der Waals surface area contributed by atoms with Crippen molar-refractivity contribution in [3.05, 3.63) is 64.1 Å². The van der Waals surface area contributed by atoms with Crippen molar-refractivity contribution in [2.75, 3.05) is 6.61 Å². The third-order valence-electron chi connectivity index (χ3n) is 2.41. The van der Waals surface area contributed by atoms with Gasteiger partial charge >= 0.3 is 0 Å². The highest BCUT2D eigenvalue weighted by Gasteiger charge is 2.02. The molecule has 4 nitrogen and oxygen atoms in total. The first kappa shape index (κ1) is 13.0. The van der Waals surface area contributed by atoms with E-state index >= 15 is 0 Å². The molecule has 0 aliphatic carbocycles. The summed E-state index contributed by atoms with van der Waals surface area (Å²) >= 11 is 0. The normalized spacial score (nSPS) is 9.79. The van der Waals surface area contributed by atoms with Crippen molar-refractivity contribution in [1.29, 1.82) is 0 Å². The third kappa shape index (κ3) is 3.50. The molecule has 0 aliphatic rings. The topological polar surface area (TPSA) is 55.1 Å². The Morgan fingerprint density at radius 3 is 2.95 bits per heavy atom. The number of halogens is 1. The van der Waals surface area contributed by atoms with Gasteiger partial charge in [0.2, 0.25) is 0 Å². The lowest BCUT2D eigenvalue weighted by Crippen LogP contribution is -2.19. The van der Waals surface area contributed by atoms with Gasteiger partial charge in [-0.25, -0.2) is 9.37 Å². The summed E-state index contributed by atoms with van der Waals surface area (Å²) in [5.41, 5.74) is 0.862. The molecule has 1 aromatic carbocycles. The fourth-order valence-electron chi connectivity index (χ4n) is 1.65. The van der Waals surface area contributed by atoms with E-state index in [0.29, 0.717) is 11.1 Å². The van der Waals surface area contributed by atoms with Gasteiger partial charge in [-0.1, -0.05) is 11.8 Å². The van der Waals surface area contributed by atoms with Crippen molar-refractivity contribution in [1.82, 2.24) is 9.55 Å². The van der Waals surface area contributed by atoms with E-state index in [9.17, 15) is 9.18 Å². The quantitative estimate of drug-likeness (QED) is 0.810. The van der Waals surface area contributed by atoms with Crippen LogP contribution in [0.25, 0.3) is 0 Å². The summed E-state index contributed by atoms with van der Waals surface area (Å²) in [4.78, 5) is 15.4. The molecular formula is C14H11FN2O2. The SMILES string of the molecule is O=c1ccncn1Cc1cc(F)cc(C#CCO)c1. The largest absolute Gasteiger partial charge is 0.384 e. The molecule has 1 N–H and O–H groups in total. The van der Waals surface area contributed by atoms with Crippen LogP contribution in [0, 0.1) is 17.7 Å². The lowest BCUT2D eigenvalue weighted by molar-refractivity contribution is 0.350. The van der Waals surface area contributed by atoms with Gasteiger partial charge in [0.05, 0.1) is 12.9 Å². The molecule has 19 heavy (non-hydrogen) atoms. The molecule has 0 radical (unpaired) electrons. The fourth-order valence-corrected chi connectivity index (χ4v) is 1.65. The van der Waals surface area contributed by atoms with Crippen LogP contribution in [0.2, 0.25) is 0 Å². The van der Waals surface area contributed by atoms with Crippen LogP contribution >= 0.6 is 0 Å². The second-order valence-electron chi connectivity index (χ2n) is 3.85. The van der Waals surface area contributed by atoms with Crippen molar-refractivity contribution in [3.63, 3.8) is 0 Å². The monoisotopic (exact) mass is 258 g/mol. The number of benzene rings is 1. The third-order valence-corrected chi connectivity index (χ3v) is 2.41. The van der Waals surface area contributed by atoms with Crippen molar-refractivity contribution >= 4 is 0 Å². The molecule has 0 saturated heterocycles. The Bertz CT molecular complexity index is 698. The average Bonchev–Trinajstić information content (AvgIpc) is 2.38. The highest BCUT2D eigenvalue weighted by atomic mass is 19.1. The molecule has 0 spiro atoms. The molecule has 1 heterocycles. The predicted molar refractivity (Wildman–Crippen MR) is 68.0 cm³/mol. The van der Waals surface area contributed by atoms with Gasteiger partial charge < -0.3 is 5.11 Å². The van der Waals surface area contributed by atoms with Crippen LogP contribution in [-0.4, -0.2) is 21.3 Å². The van der Waals surface area contributed by atoms with E-state index in [-0.39, 0.29) is 18.7 Å². The Morgan fingerprint density at radius 1 is 1.37 bits per heavy atom. The molecule has 2 aromatic rings. The average molecular weight is 258 g/mol. The first-order chi connectivity index (χ1) is 9.19. The van der Waals surface area contributed by atoms with E-state index in [1.165, 1.54) is 35.3 Å². The van der Waals surface area contributed by atoms with E-state index < -0.39 is 5.82 Å². The lowest BCUT2D eigenvalue weighted by atomic mass is 10.1. The number of rotatable bonds is 2. The smallest absolute Gasteiger partial charge is 0.253 e. The minimum absolute atomic E-state index is 0.206. The first-order valence-electron chi connectivity index (χ1n) is 5.58. The van der Waals surface area contributed by atoms with Gasteiger partial charge in [-0.15, -0.1) is 0 Å². The predicted octanol–water partition coefficient (Wildman–Crippen LogP) is 0.775. The van der Waals surface area contributed by atoms with E-state index in [1.807, 2.05) is 0 Å². The van der Waals surface area contributed by atoms with Crippen LogP contribution in [-0.2, 0) is 6.54 Å². The number of aromatic nitrogens is 2. The molecule has 5 heteroatoms. The van der Waals surface area contributed by atoms with Crippen molar-refractivity contribution < 1.29 is 9.50 Å². The van der Waals surface area contributed by atoms with Crippen LogP contribution in [0.5, 0.6) is 0 Å². The van der Waals surface area contributed by atoms with Crippen molar-refractivity contribution in [2.45, 2.75) is 6.54 Å². The maximum Gasteiger partial charge on any atom is 0.253 e. The number of hydrogen-bond donors (Lipinski definition) is 1. The Morgan fingerprint density at radius 2 is 2.21 bits per heavy atom. The van der Waals surface area contributed by atoms with Crippen LogP contribution in [0.3, 0.4) is 0 Å². The molecule has 0 amide bonds. The number of hydrogen-bond acceptors (Lipinski definition) is 3. The molecule has 0 fully saturated rings. The molecule has 0 atom stereocenters. The van der Waals surface area contributed by atoms with E-state index in [2.05, 4.69) is 16.8 Å². The van der Waals surface area contributed by atoms with Gasteiger partial charge in [-0.3, -0.25) is 9.36 Å². The van der Waals surface area contributed by atoms with Crippen LogP contribution in [0.1, 0.15) is 11.1 Å². The molecule has 0 bridgehead atoms. The van der Waals surface area contributed by atoms with E-state index in [4.69, 9.17) is 5.11 Å². The standard InChI is InChI=1S/C14H11FN2O2/c15-13-7-11(2-1-5-18)6-12(8-13)9-17-10-16-4-3-14(17)19/h3-4,6-8,10,18H,5,9H2. The summed E-state index contributed by atoms with van der Waals surface area (Å²) in [6.07, 6.45) is 2.80. The van der Waals surface area contributed by atoms with Crippen LogP contribution in [0.4, 0.5) is 4.39 Å². The number of aliphatic hydroxyl groups excluding tert-OH is 1. The first-order valence-corrected chi connectivity index (χ1v) is 5.58. The maximum absolute atomic E-state index is 13.4. The van der Waals surface area contributed by atoms with E-state index in [1.54, 1.807) is 6.07 Å². The summed E-state index contributed by atoms with van der Waals surface area (Å²) < 4.78 is 14.8.